The Morgan fingerprint density at radius 3 is 2.55 bits per heavy atom. The molecule has 4 atom stereocenters. The zero-order chi connectivity index (χ0) is 27.2. The van der Waals surface area contributed by atoms with Crippen LogP contribution in [0.1, 0.15) is 70.7 Å². The van der Waals surface area contributed by atoms with Gasteiger partial charge in [0.15, 0.2) is 0 Å². The van der Waals surface area contributed by atoms with Gasteiger partial charge in [0.1, 0.15) is 12.1 Å². The summed E-state index contributed by atoms with van der Waals surface area (Å²) in [5.74, 6) is -0.542. The molecule has 0 saturated carbocycles. The Kier molecular flexibility index (Phi) is 9.12. The first kappa shape index (κ1) is 27.7. The van der Waals surface area contributed by atoms with Gasteiger partial charge in [0.05, 0.1) is 17.8 Å². The smallest absolute Gasteiger partial charge is 0.258 e. The number of fused-ring (bicyclic) bond motifs is 4. The highest BCUT2D eigenvalue weighted by molar-refractivity contribution is 5.90. The highest BCUT2D eigenvalue weighted by Gasteiger charge is 2.32. The summed E-state index contributed by atoms with van der Waals surface area (Å²) in [5, 5.41) is 12.9. The Labute approximate surface area is 224 Å². The van der Waals surface area contributed by atoms with Crippen LogP contribution >= 0.6 is 0 Å². The number of amides is 3. The second-order valence-corrected chi connectivity index (χ2v) is 10.7. The lowest BCUT2D eigenvalue weighted by atomic mass is 10.0. The SMILES string of the molecule is CC1NC(=O)C(C(C)C)NCCCC=Cc2cc3cc(ccc3cn2)C(C)NC(=O)C2CCCN(N2)C1=O. The molecule has 0 aliphatic carbocycles. The fourth-order valence-electron chi connectivity index (χ4n) is 4.98. The molecule has 1 aromatic carbocycles. The van der Waals surface area contributed by atoms with Crippen LogP contribution in [0.2, 0.25) is 0 Å². The number of pyridine rings is 1. The monoisotopic (exact) mass is 520 g/mol. The maximum absolute atomic E-state index is 13.2. The van der Waals surface area contributed by atoms with Crippen LogP contribution in [0.5, 0.6) is 0 Å². The largest absolute Gasteiger partial charge is 0.348 e. The molecule has 38 heavy (non-hydrogen) atoms. The Hall–Kier alpha value is -3.30. The van der Waals surface area contributed by atoms with E-state index in [4.69, 9.17) is 0 Å². The van der Waals surface area contributed by atoms with E-state index >= 15 is 0 Å². The first-order valence-electron chi connectivity index (χ1n) is 13.7. The van der Waals surface area contributed by atoms with E-state index in [9.17, 15) is 14.4 Å². The minimum absolute atomic E-state index is 0.0632. The molecule has 4 N–H and O–H groups in total. The van der Waals surface area contributed by atoms with Crippen LogP contribution in [0.15, 0.2) is 36.5 Å². The number of aromatic nitrogens is 1. The molecule has 3 amide bonds. The summed E-state index contributed by atoms with van der Waals surface area (Å²) in [4.78, 5) is 43.9. The van der Waals surface area contributed by atoms with Gasteiger partial charge in [-0.15, -0.1) is 0 Å². The van der Waals surface area contributed by atoms with E-state index in [0.29, 0.717) is 25.9 Å². The van der Waals surface area contributed by atoms with Crippen molar-refractivity contribution in [2.75, 3.05) is 13.1 Å². The molecular weight excluding hydrogens is 480 g/mol. The molecule has 1 fully saturated rings. The minimum Gasteiger partial charge on any atom is -0.348 e. The lowest BCUT2D eigenvalue weighted by Gasteiger charge is -2.35. The number of hydrogen-bond acceptors (Lipinski definition) is 6. The van der Waals surface area contributed by atoms with Crippen molar-refractivity contribution < 1.29 is 14.4 Å². The third-order valence-corrected chi connectivity index (χ3v) is 7.27. The molecule has 5 bridgehead atoms. The van der Waals surface area contributed by atoms with Gasteiger partial charge >= 0.3 is 0 Å². The van der Waals surface area contributed by atoms with Gasteiger partial charge in [0.2, 0.25) is 11.8 Å². The van der Waals surface area contributed by atoms with Crippen LogP contribution in [-0.2, 0) is 14.4 Å². The van der Waals surface area contributed by atoms with Crippen molar-refractivity contribution in [2.24, 2.45) is 5.92 Å². The molecule has 3 heterocycles. The average Bonchev–Trinajstić information content (AvgIpc) is 2.90. The Morgan fingerprint density at radius 1 is 0.974 bits per heavy atom. The van der Waals surface area contributed by atoms with Crippen LogP contribution in [0.4, 0.5) is 0 Å². The first-order valence-corrected chi connectivity index (χ1v) is 13.7. The molecule has 4 rings (SSSR count). The van der Waals surface area contributed by atoms with Crippen LogP contribution < -0.4 is 21.4 Å². The van der Waals surface area contributed by atoms with E-state index in [1.165, 1.54) is 5.01 Å². The molecule has 0 radical (unpaired) electrons. The standard InChI is InChI=1S/C29H40N6O3/c1-18(2)26-28(37)33-20(4)29(38)35-14-8-10-25(34-35)27(36)32-19(3)21-11-12-22-17-31-24(16-23(22)15-21)9-6-5-7-13-30-26/h6,9,11-12,15-20,25-26,30,34H,5,7-8,10,13-14H2,1-4H3,(H,32,36)(H,33,37). The molecular formula is C29H40N6O3. The number of hydrazine groups is 1. The molecule has 2 aromatic rings. The molecule has 9 nitrogen and oxygen atoms in total. The first-order chi connectivity index (χ1) is 18.2. The molecule has 4 unspecified atom stereocenters. The number of nitrogens with one attached hydrogen (secondary N) is 4. The van der Waals surface area contributed by atoms with Crippen molar-refractivity contribution in [3.05, 3.63) is 47.8 Å². The maximum atomic E-state index is 13.2. The van der Waals surface area contributed by atoms with Crippen molar-refractivity contribution >= 4 is 34.6 Å². The highest BCUT2D eigenvalue weighted by atomic mass is 16.2. The van der Waals surface area contributed by atoms with Crippen LogP contribution in [-0.4, -0.2) is 58.9 Å². The number of rotatable bonds is 1. The molecule has 0 spiro atoms. The van der Waals surface area contributed by atoms with Crippen molar-refractivity contribution in [2.45, 2.75) is 77.5 Å². The van der Waals surface area contributed by atoms with E-state index in [-0.39, 0.29) is 29.7 Å². The average molecular weight is 521 g/mol. The van der Waals surface area contributed by atoms with Gasteiger partial charge in [0, 0.05) is 18.1 Å². The third kappa shape index (κ3) is 6.76. The third-order valence-electron chi connectivity index (χ3n) is 7.27. The van der Waals surface area contributed by atoms with E-state index in [1.54, 1.807) is 6.92 Å². The van der Waals surface area contributed by atoms with Gasteiger partial charge in [-0.05, 0) is 81.2 Å². The zero-order valence-corrected chi connectivity index (χ0v) is 22.8. The molecule has 1 saturated heterocycles. The summed E-state index contributed by atoms with van der Waals surface area (Å²) in [7, 11) is 0. The Balaban J connectivity index is 1.58. The van der Waals surface area contributed by atoms with E-state index in [2.05, 4.69) is 44.6 Å². The van der Waals surface area contributed by atoms with Gasteiger partial charge in [0.25, 0.3) is 5.91 Å². The summed E-state index contributed by atoms with van der Waals surface area (Å²) >= 11 is 0. The van der Waals surface area contributed by atoms with Crippen LogP contribution in [0.3, 0.4) is 0 Å². The van der Waals surface area contributed by atoms with Gasteiger partial charge in [-0.25, -0.2) is 5.43 Å². The van der Waals surface area contributed by atoms with Gasteiger partial charge in [-0.2, -0.15) is 0 Å². The predicted octanol–water partition coefficient (Wildman–Crippen LogP) is 2.83. The number of carbonyl (C=O) groups is 3. The van der Waals surface area contributed by atoms with Gasteiger partial charge < -0.3 is 16.0 Å². The van der Waals surface area contributed by atoms with Gasteiger partial charge in [-0.3, -0.25) is 24.4 Å². The topological polar surface area (TPSA) is 115 Å². The molecule has 204 valence electrons. The predicted molar refractivity (Wildman–Crippen MR) is 149 cm³/mol. The molecule has 9 heteroatoms. The van der Waals surface area contributed by atoms with E-state index < -0.39 is 18.1 Å². The van der Waals surface area contributed by atoms with Crippen molar-refractivity contribution in [1.29, 1.82) is 0 Å². The molecule has 1 aromatic heterocycles. The fraction of sp³-hybridized carbons (Fsp3) is 0.517. The second kappa shape index (κ2) is 12.5. The lowest BCUT2D eigenvalue weighted by Crippen LogP contribution is -2.61. The quantitative estimate of drug-likeness (QED) is 0.460. The number of benzene rings is 1. The lowest BCUT2D eigenvalue weighted by molar-refractivity contribution is -0.143. The van der Waals surface area contributed by atoms with Crippen molar-refractivity contribution in [3.63, 3.8) is 0 Å². The summed E-state index contributed by atoms with van der Waals surface area (Å²) in [6.07, 6.45) is 9.02. The fourth-order valence-corrected chi connectivity index (χ4v) is 4.98. The maximum Gasteiger partial charge on any atom is 0.258 e. The Bertz CT molecular complexity index is 1200. The number of nitrogens with zero attached hydrogens (tertiary/aromatic N) is 2. The minimum atomic E-state index is -0.715. The van der Waals surface area contributed by atoms with E-state index in [0.717, 1.165) is 34.9 Å². The van der Waals surface area contributed by atoms with Crippen LogP contribution in [0.25, 0.3) is 16.8 Å². The number of allylic oxidation sites excluding steroid dienone is 1. The second-order valence-electron chi connectivity index (χ2n) is 10.7. The van der Waals surface area contributed by atoms with E-state index in [1.807, 2.05) is 45.2 Å². The van der Waals surface area contributed by atoms with Crippen LogP contribution in [0, 0.1) is 5.92 Å². The van der Waals surface area contributed by atoms with Crippen molar-refractivity contribution in [1.82, 2.24) is 31.4 Å². The Morgan fingerprint density at radius 2 is 1.76 bits per heavy atom. The number of carbonyl (C=O) groups excluding carboxylic acids is 3. The summed E-state index contributed by atoms with van der Waals surface area (Å²) in [5.41, 5.74) is 4.97. The van der Waals surface area contributed by atoms with Crippen molar-refractivity contribution in [3.8, 4) is 0 Å². The summed E-state index contributed by atoms with van der Waals surface area (Å²) in [6, 6.07) is 6.33. The number of hydrogen-bond donors (Lipinski definition) is 4. The normalized spacial score (nSPS) is 26.2. The van der Waals surface area contributed by atoms with Gasteiger partial charge in [-0.1, -0.05) is 32.1 Å². The zero-order valence-electron chi connectivity index (χ0n) is 22.8. The molecule has 2 aliphatic heterocycles. The summed E-state index contributed by atoms with van der Waals surface area (Å²) < 4.78 is 0. The highest BCUT2D eigenvalue weighted by Crippen LogP contribution is 2.22. The molecule has 2 aliphatic rings. The summed E-state index contributed by atoms with van der Waals surface area (Å²) in [6.45, 7) is 8.79.